The number of carbonyl (C=O) groups excluding carboxylic acids is 2. The van der Waals surface area contributed by atoms with Crippen molar-refractivity contribution in [3.8, 4) is 0 Å². The zero-order chi connectivity index (χ0) is 26.1. The van der Waals surface area contributed by atoms with E-state index in [4.69, 9.17) is 11.6 Å². The van der Waals surface area contributed by atoms with Crippen molar-refractivity contribution >= 4 is 29.1 Å². The van der Waals surface area contributed by atoms with Crippen molar-refractivity contribution in [2.45, 2.75) is 39.3 Å². The summed E-state index contributed by atoms with van der Waals surface area (Å²) in [5.74, 6) is -0.406. The fraction of sp³-hybridized carbons (Fsp3) is 0.286. The predicted octanol–water partition coefficient (Wildman–Crippen LogP) is 5.20. The lowest BCUT2D eigenvalue weighted by Gasteiger charge is -2.32. The molecule has 36 heavy (non-hydrogen) atoms. The van der Waals surface area contributed by atoms with E-state index in [9.17, 15) is 19.7 Å². The van der Waals surface area contributed by atoms with E-state index in [1.807, 2.05) is 44.2 Å². The summed E-state index contributed by atoms with van der Waals surface area (Å²) >= 11 is 6.05. The Morgan fingerprint density at radius 3 is 2.22 bits per heavy atom. The fourth-order valence-corrected chi connectivity index (χ4v) is 3.99. The molecular formula is C28H30ClN3O4. The highest BCUT2D eigenvalue weighted by molar-refractivity contribution is 6.30. The van der Waals surface area contributed by atoms with Crippen molar-refractivity contribution in [2.24, 2.45) is 5.92 Å². The highest BCUT2D eigenvalue weighted by Gasteiger charge is 2.31. The number of nitrogens with zero attached hydrogens (tertiary/aromatic N) is 2. The van der Waals surface area contributed by atoms with Crippen LogP contribution in [-0.4, -0.2) is 34.2 Å². The van der Waals surface area contributed by atoms with Crippen molar-refractivity contribution in [1.82, 2.24) is 10.2 Å². The molecule has 0 unspecified atom stereocenters. The Kier molecular flexibility index (Phi) is 9.59. The third kappa shape index (κ3) is 7.65. The van der Waals surface area contributed by atoms with E-state index in [2.05, 4.69) is 5.32 Å². The number of benzene rings is 3. The molecular weight excluding hydrogens is 478 g/mol. The number of carbonyl (C=O) groups is 2. The zero-order valence-corrected chi connectivity index (χ0v) is 21.1. The lowest BCUT2D eigenvalue weighted by molar-refractivity contribution is -0.385. The quantitative estimate of drug-likeness (QED) is 0.285. The first-order chi connectivity index (χ1) is 17.2. The third-order valence-electron chi connectivity index (χ3n) is 5.75. The first kappa shape index (κ1) is 26.9. The van der Waals surface area contributed by atoms with Crippen LogP contribution in [0.25, 0.3) is 0 Å². The summed E-state index contributed by atoms with van der Waals surface area (Å²) in [6.07, 6.45) is 0.106. The SMILES string of the molecule is CC(C)CNC(=O)[C@@H](Cc1ccccc1)N(Cc1ccc(Cl)cc1)C(=O)Cc1ccccc1[N+](=O)[O-]. The van der Waals surface area contributed by atoms with Crippen LogP contribution in [0, 0.1) is 16.0 Å². The summed E-state index contributed by atoms with van der Waals surface area (Å²) < 4.78 is 0. The van der Waals surface area contributed by atoms with E-state index in [-0.39, 0.29) is 36.4 Å². The summed E-state index contributed by atoms with van der Waals surface area (Å²) in [4.78, 5) is 39.7. The number of hydrogen-bond donors (Lipinski definition) is 1. The molecule has 1 N–H and O–H groups in total. The average molecular weight is 508 g/mol. The fourth-order valence-electron chi connectivity index (χ4n) is 3.87. The topological polar surface area (TPSA) is 92.6 Å². The van der Waals surface area contributed by atoms with E-state index in [0.29, 0.717) is 23.6 Å². The molecule has 3 rings (SSSR count). The average Bonchev–Trinajstić information content (AvgIpc) is 2.86. The maximum Gasteiger partial charge on any atom is 0.273 e. The van der Waals surface area contributed by atoms with Crippen molar-refractivity contribution in [1.29, 1.82) is 0 Å². The summed E-state index contributed by atoms with van der Waals surface area (Å²) in [6.45, 7) is 4.62. The van der Waals surface area contributed by atoms with Gasteiger partial charge in [0.05, 0.1) is 11.3 Å². The lowest BCUT2D eigenvalue weighted by atomic mass is 10.0. The van der Waals surface area contributed by atoms with Crippen molar-refractivity contribution in [3.05, 3.63) is 111 Å². The minimum Gasteiger partial charge on any atom is -0.354 e. The molecule has 188 valence electrons. The Hall–Kier alpha value is -3.71. The minimum atomic E-state index is -0.808. The maximum atomic E-state index is 13.7. The minimum absolute atomic E-state index is 0.124. The van der Waals surface area contributed by atoms with Crippen LogP contribution in [0.5, 0.6) is 0 Å². The second kappa shape index (κ2) is 12.8. The Labute approximate surface area is 216 Å². The smallest absolute Gasteiger partial charge is 0.273 e. The predicted molar refractivity (Wildman–Crippen MR) is 141 cm³/mol. The summed E-state index contributed by atoms with van der Waals surface area (Å²) in [5.41, 5.74) is 1.88. The molecule has 0 aliphatic rings. The van der Waals surface area contributed by atoms with Crippen LogP contribution in [0.4, 0.5) is 5.69 Å². The molecule has 1 atom stereocenters. The van der Waals surface area contributed by atoms with Gasteiger partial charge in [-0.2, -0.15) is 0 Å². The van der Waals surface area contributed by atoms with E-state index in [1.54, 1.807) is 42.5 Å². The molecule has 0 aliphatic carbocycles. The molecule has 0 radical (unpaired) electrons. The Balaban J connectivity index is 1.99. The molecule has 2 amide bonds. The van der Waals surface area contributed by atoms with Crippen molar-refractivity contribution in [2.75, 3.05) is 6.54 Å². The number of hydrogen-bond acceptors (Lipinski definition) is 4. The number of amides is 2. The van der Waals surface area contributed by atoms with E-state index < -0.39 is 11.0 Å². The Morgan fingerprint density at radius 1 is 0.944 bits per heavy atom. The Morgan fingerprint density at radius 2 is 1.58 bits per heavy atom. The van der Waals surface area contributed by atoms with Gasteiger partial charge in [0.25, 0.3) is 5.69 Å². The van der Waals surface area contributed by atoms with Gasteiger partial charge in [-0.05, 0) is 29.2 Å². The van der Waals surface area contributed by atoms with Gasteiger partial charge in [0.15, 0.2) is 0 Å². The van der Waals surface area contributed by atoms with Gasteiger partial charge in [-0.3, -0.25) is 19.7 Å². The summed E-state index contributed by atoms with van der Waals surface area (Å²) in [7, 11) is 0. The molecule has 0 aliphatic heterocycles. The van der Waals surface area contributed by atoms with Crippen molar-refractivity contribution < 1.29 is 14.5 Å². The maximum absolute atomic E-state index is 13.7. The molecule has 0 saturated carbocycles. The van der Waals surface area contributed by atoms with Crippen molar-refractivity contribution in [3.63, 3.8) is 0 Å². The molecule has 0 heterocycles. The van der Waals surface area contributed by atoms with Gasteiger partial charge in [-0.15, -0.1) is 0 Å². The molecule has 3 aromatic carbocycles. The summed E-state index contributed by atoms with van der Waals surface area (Å²) in [5, 5.41) is 15.1. The number of halogens is 1. The monoisotopic (exact) mass is 507 g/mol. The van der Waals surface area contributed by atoms with E-state index >= 15 is 0 Å². The summed E-state index contributed by atoms with van der Waals surface area (Å²) in [6, 6.07) is 21.9. The first-order valence-corrected chi connectivity index (χ1v) is 12.2. The molecule has 0 fully saturated rings. The van der Waals surface area contributed by atoms with Crippen LogP contribution in [-0.2, 0) is 29.0 Å². The van der Waals surface area contributed by atoms with Crippen LogP contribution < -0.4 is 5.32 Å². The highest BCUT2D eigenvalue weighted by Crippen LogP contribution is 2.22. The largest absolute Gasteiger partial charge is 0.354 e. The van der Waals surface area contributed by atoms with Crippen LogP contribution >= 0.6 is 11.6 Å². The van der Waals surface area contributed by atoms with Gasteiger partial charge in [0.1, 0.15) is 6.04 Å². The van der Waals surface area contributed by atoms with Gasteiger partial charge in [0, 0.05) is 36.2 Å². The third-order valence-corrected chi connectivity index (χ3v) is 6.00. The number of nitro groups is 1. The van der Waals surface area contributed by atoms with Crippen LogP contribution in [0.15, 0.2) is 78.9 Å². The molecule has 0 aromatic heterocycles. The van der Waals surface area contributed by atoms with Crippen LogP contribution in [0.1, 0.15) is 30.5 Å². The van der Waals surface area contributed by atoms with E-state index in [1.165, 1.54) is 11.0 Å². The number of nitrogens with one attached hydrogen (secondary N) is 1. The molecule has 0 saturated heterocycles. The van der Waals surface area contributed by atoms with Gasteiger partial charge in [-0.1, -0.05) is 86.1 Å². The lowest BCUT2D eigenvalue weighted by Crippen LogP contribution is -2.51. The standard InChI is InChI=1S/C28H30ClN3O4/c1-20(2)18-30-28(34)26(16-21-8-4-3-5-9-21)31(19-22-12-14-24(29)15-13-22)27(33)17-23-10-6-7-11-25(23)32(35)36/h3-15,20,26H,16-19H2,1-2H3,(H,30,34)/t26-/m1/s1. The number of nitro benzene ring substituents is 1. The molecule has 7 nitrogen and oxygen atoms in total. The second-order valence-corrected chi connectivity index (χ2v) is 9.49. The molecule has 8 heteroatoms. The molecule has 3 aromatic rings. The Bertz CT molecular complexity index is 1180. The number of rotatable bonds is 11. The number of para-hydroxylation sites is 1. The van der Waals surface area contributed by atoms with Crippen LogP contribution in [0.2, 0.25) is 5.02 Å². The van der Waals surface area contributed by atoms with Gasteiger partial charge >= 0.3 is 0 Å². The van der Waals surface area contributed by atoms with E-state index in [0.717, 1.165) is 11.1 Å². The molecule has 0 bridgehead atoms. The molecule has 0 spiro atoms. The van der Waals surface area contributed by atoms with Gasteiger partial charge in [0.2, 0.25) is 11.8 Å². The van der Waals surface area contributed by atoms with Crippen LogP contribution in [0.3, 0.4) is 0 Å². The zero-order valence-electron chi connectivity index (χ0n) is 20.4. The highest BCUT2D eigenvalue weighted by atomic mass is 35.5. The van der Waals surface area contributed by atoms with Gasteiger partial charge in [-0.25, -0.2) is 0 Å². The first-order valence-electron chi connectivity index (χ1n) is 11.8. The normalized spacial score (nSPS) is 11.7. The van der Waals surface area contributed by atoms with Gasteiger partial charge < -0.3 is 10.2 Å². The second-order valence-electron chi connectivity index (χ2n) is 9.06.